The summed E-state index contributed by atoms with van der Waals surface area (Å²) in [5, 5.41) is 0. The maximum absolute atomic E-state index is 12.8. The second-order valence-electron chi connectivity index (χ2n) is 6.58. The number of esters is 1. The van der Waals surface area contributed by atoms with Gasteiger partial charge in [0, 0.05) is 41.9 Å². The minimum absolute atomic E-state index is 0.0968. The summed E-state index contributed by atoms with van der Waals surface area (Å²) in [5.74, 6) is 4.54. The molecule has 4 saturated heterocycles. The normalized spacial score (nSPS) is 33.9. The van der Waals surface area contributed by atoms with E-state index >= 15 is 0 Å². The van der Waals surface area contributed by atoms with Crippen LogP contribution in [-0.4, -0.2) is 67.1 Å². The number of thioether (sulfide) groups is 4. The topological polar surface area (TPSA) is 46.6 Å². The molecule has 0 aromatic carbocycles. The molecule has 1 amide bonds. The van der Waals surface area contributed by atoms with E-state index in [1.807, 2.05) is 30.4 Å². The molecule has 4 fully saturated rings. The Balaban J connectivity index is 1.61. The van der Waals surface area contributed by atoms with E-state index < -0.39 is 4.08 Å². The third-order valence-corrected chi connectivity index (χ3v) is 12.8. The molecule has 4 aliphatic rings. The molecular formula is C16H23NO3S4. The summed E-state index contributed by atoms with van der Waals surface area (Å²) in [4.78, 5) is 27.7. The van der Waals surface area contributed by atoms with Gasteiger partial charge in [-0.3, -0.25) is 4.79 Å². The first-order valence-electron chi connectivity index (χ1n) is 8.64. The van der Waals surface area contributed by atoms with Crippen LogP contribution >= 0.6 is 47.0 Å². The molecular weight excluding hydrogens is 382 g/mol. The molecule has 8 heteroatoms. The Labute approximate surface area is 160 Å². The van der Waals surface area contributed by atoms with Crippen molar-refractivity contribution in [2.75, 3.05) is 36.2 Å². The van der Waals surface area contributed by atoms with Crippen LogP contribution in [0, 0.1) is 5.92 Å². The number of nitrogens with zero attached hydrogens (tertiary/aromatic N) is 1. The lowest BCUT2D eigenvalue weighted by Crippen LogP contribution is -2.53. The summed E-state index contributed by atoms with van der Waals surface area (Å²) in [5.41, 5.74) is 0. The molecule has 134 valence electrons. The molecule has 2 unspecified atom stereocenters. The van der Waals surface area contributed by atoms with Gasteiger partial charge >= 0.3 is 5.97 Å². The van der Waals surface area contributed by atoms with Crippen molar-refractivity contribution in [1.82, 2.24) is 4.90 Å². The first-order valence-corrected chi connectivity index (χ1v) is 12.6. The van der Waals surface area contributed by atoms with Crippen LogP contribution in [0.25, 0.3) is 0 Å². The van der Waals surface area contributed by atoms with Gasteiger partial charge in [0.2, 0.25) is 5.91 Å². The lowest BCUT2D eigenvalue weighted by atomic mass is 9.87. The molecule has 0 aromatic rings. The second-order valence-corrected chi connectivity index (χ2v) is 12.6. The van der Waals surface area contributed by atoms with Crippen LogP contribution in [0.3, 0.4) is 0 Å². The average Bonchev–Trinajstić information content (AvgIpc) is 3.30. The van der Waals surface area contributed by atoms with Crippen molar-refractivity contribution in [3.8, 4) is 0 Å². The fraction of sp³-hybridized carbons (Fsp3) is 0.875. The minimum atomic E-state index is -0.560. The molecule has 0 bridgehead atoms. The van der Waals surface area contributed by atoms with Crippen molar-refractivity contribution >= 4 is 58.9 Å². The van der Waals surface area contributed by atoms with Crippen molar-refractivity contribution in [2.24, 2.45) is 5.92 Å². The highest BCUT2D eigenvalue weighted by Crippen LogP contribution is 2.60. The van der Waals surface area contributed by atoms with Gasteiger partial charge in [-0.05, 0) is 19.8 Å². The Morgan fingerprint density at radius 3 is 2.54 bits per heavy atom. The van der Waals surface area contributed by atoms with E-state index in [-0.39, 0.29) is 27.9 Å². The monoisotopic (exact) mass is 405 g/mol. The second kappa shape index (κ2) is 6.82. The highest BCUT2D eigenvalue weighted by molar-refractivity contribution is 8.22. The highest BCUT2D eigenvalue weighted by atomic mass is 32.2. The van der Waals surface area contributed by atoms with Gasteiger partial charge in [0.15, 0.2) is 4.08 Å². The number of amides is 1. The zero-order chi connectivity index (χ0) is 16.8. The average molecular weight is 406 g/mol. The summed E-state index contributed by atoms with van der Waals surface area (Å²) < 4.78 is 5.05. The molecule has 4 heterocycles. The van der Waals surface area contributed by atoms with E-state index in [1.165, 1.54) is 11.5 Å². The van der Waals surface area contributed by atoms with Crippen molar-refractivity contribution in [1.29, 1.82) is 0 Å². The maximum Gasteiger partial charge on any atom is 0.332 e. The summed E-state index contributed by atoms with van der Waals surface area (Å²) in [6, 6.07) is 0.286. The first kappa shape index (κ1) is 17.7. The third kappa shape index (κ3) is 2.70. The van der Waals surface area contributed by atoms with Crippen molar-refractivity contribution in [3.05, 3.63) is 0 Å². The van der Waals surface area contributed by atoms with Crippen LogP contribution in [0.2, 0.25) is 0 Å². The molecule has 0 aromatic heterocycles. The Hall–Kier alpha value is 0.340. The van der Waals surface area contributed by atoms with E-state index in [9.17, 15) is 9.59 Å². The van der Waals surface area contributed by atoms with Crippen LogP contribution in [-0.2, 0) is 14.3 Å². The predicted molar refractivity (Wildman–Crippen MR) is 105 cm³/mol. The molecule has 4 nitrogen and oxygen atoms in total. The molecule has 4 aliphatic heterocycles. The van der Waals surface area contributed by atoms with Crippen LogP contribution in [0.1, 0.15) is 26.2 Å². The van der Waals surface area contributed by atoms with Crippen molar-refractivity contribution in [2.45, 2.75) is 40.4 Å². The fourth-order valence-corrected chi connectivity index (χ4v) is 11.2. The van der Waals surface area contributed by atoms with E-state index in [0.717, 1.165) is 30.9 Å². The molecule has 2 atom stereocenters. The number of hydrogen-bond donors (Lipinski definition) is 0. The largest absolute Gasteiger partial charge is 0.464 e. The number of ether oxygens (including phenoxy) is 1. The van der Waals surface area contributed by atoms with E-state index in [0.29, 0.717) is 13.0 Å². The van der Waals surface area contributed by atoms with Crippen LogP contribution in [0.5, 0.6) is 0 Å². The molecule has 0 saturated carbocycles. The number of carbonyl (C=O) groups is 2. The van der Waals surface area contributed by atoms with Gasteiger partial charge in [-0.2, -0.15) is 0 Å². The fourth-order valence-electron chi connectivity index (χ4n) is 4.40. The van der Waals surface area contributed by atoms with Crippen LogP contribution < -0.4 is 0 Å². The number of fused-ring (bicyclic) bond motifs is 2. The van der Waals surface area contributed by atoms with Crippen LogP contribution in [0.4, 0.5) is 0 Å². The number of hydrogen-bond acceptors (Lipinski definition) is 7. The number of carbonyl (C=O) groups excluding carboxylic acids is 2. The number of rotatable bonds is 3. The molecule has 24 heavy (non-hydrogen) atoms. The predicted octanol–water partition coefficient (Wildman–Crippen LogP) is 2.91. The molecule has 4 rings (SSSR count). The van der Waals surface area contributed by atoms with Gasteiger partial charge in [-0.25, -0.2) is 4.79 Å². The maximum atomic E-state index is 12.8. The zero-order valence-corrected chi connectivity index (χ0v) is 17.1. The van der Waals surface area contributed by atoms with E-state index in [1.54, 1.807) is 23.5 Å². The summed E-state index contributed by atoms with van der Waals surface area (Å²) in [7, 11) is 0. The van der Waals surface area contributed by atoms with Crippen molar-refractivity contribution < 1.29 is 14.3 Å². The summed E-state index contributed by atoms with van der Waals surface area (Å²) >= 11 is 7.51. The quantitative estimate of drug-likeness (QED) is 0.669. The van der Waals surface area contributed by atoms with Gasteiger partial charge in [0.25, 0.3) is 0 Å². The van der Waals surface area contributed by atoms with E-state index in [4.69, 9.17) is 4.74 Å². The van der Waals surface area contributed by atoms with Crippen molar-refractivity contribution in [3.63, 3.8) is 0 Å². The summed E-state index contributed by atoms with van der Waals surface area (Å²) in [6.07, 6.45) is 2.55. The Bertz CT molecular complexity index is 531. The standard InChI is InChI=1S/C16H23NO3S4/c1-2-20-14(19)16(23-7-8-24-16)11-9-12-15(21-5-6-22-15)3-4-17(12)13(18)10-11/h11-12H,2-10H2,1H3. The van der Waals surface area contributed by atoms with Gasteiger partial charge in [-0.1, -0.05) is 0 Å². The van der Waals surface area contributed by atoms with Gasteiger partial charge < -0.3 is 9.64 Å². The summed E-state index contributed by atoms with van der Waals surface area (Å²) in [6.45, 7) is 3.16. The SMILES string of the molecule is CCOC(=O)C1(C2CC(=O)N3CCC4(SCCS4)C3C2)SCCS1. The smallest absolute Gasteiger partial charge is 0.332 e. The molecule has 1 spiro atoms. The zero-order valence-electron chi connectivity index (χ0n) is 13.8. The van der Waals surface area contributed by atoms with Crippen LogP contribution in [0.15, 0.2) is 0 Å². The van der Waals surface area contributed by atoms with Gasteiger partial charge in [-0.15, -0.1) is 47.0 Å². The highest BCUT2D eigenvalue weighted by Gasteiger charge is 2.60. The molecule has 0 aliphatic carbocycles. The molecule has 0 N–H and O–H groups in total. The lowest BCUT2D eigenvalue weighted by molar-refractivity contribution is -0.146. The van der Waals surface area contributed by atoms with E-state index in [2.05, 4.69) is 4.90 Å². The Morgan fingerprint density at radius 1 is 1.21 bits per heavy atom. The third-order valence-electron chi connectivity index (χ3n) is 5.42. The Kier molecular flexibility index (Phi) is 5.04. The lowest BCUT2D eigenvalue weighted by Gasteiger charge is -2.44. The Morgan fingerprint density at radius 2 is 1.88 bits per heavy atom. The molecule has 0 radical (unpaired) electrons. The number of piperidine rings is 1. The minimum Gasteiger partial charge on any atom is -0.464 e. The van der Waals surface area contributed by atoms with Gasteiger partial charge in [0.05, 0.1) is 16.7 Å². The van der Waals surface area contributed by atoms with Gasteiger partial charge in [0.1, 0.15) is 0 Å². The first-order chi connectivity index (χ1) is 11.6.